The monoisotopic (exact) mass is 329 g/mol. The first-order valence-corrected chi connectivity index (χ1v) is 8.39. The summed E-state index contributed by atoms with van der Waals surface area (Å²) in [6.07, 6.45) is 8.37. The predicted molar refractivity (Wildman–Crippen MR) is 86.9 cm³/mol. The molecule has 0 atom stereocenters. The number of benzene rings is 1. The molecule has 0 unspecified atom stereocenters. The van der Waals surface area contributed by atoms with Gasteiger partial charge in [-0.2, -0.15) is 0 Å². The normalized spacial score (nSPS) is 14.5. The van der Waals surface area contributed by atoms with E-state index in [0.29, 0.717) is 12.2 Å². The fraction of sp³-hybridized carbons (Fsp3) is 0.444. The van der Waals surface area contributed by atoms with Crippen molar-refractivity contribution in [3.63, 3.8) is 0 Å². The molecule has 0 radical (unpaired) electrons. The molecule has 1 aromatic carbocycles. The third kappa shape index (κ3) is 3.94. The van der Waals surface area contributed by atoms with Crippen molar-refractivity contribution in [2.75, 3.05) is 13.7 Å². The van der Waals surface area contributed by atoms with Gasteiger partial charge >= 0.3 is 0 Å². The minimum absolute atomic E-state index is 0.407. The molecule has 0 bridgehead atoms. The first-order valence-electron chi connectivity index (χ1n) is 8.39. The summed E-state index contributed by atoms with van der Waals surface area (Å²) < 4.78 is 11.5. The zero-order chi connectivity index (χ0) is 16.8. The smallest absolute Gasteiger partial charge is 0.253 e. The number of allylic oxidation sites excluding steroid dienone is 1. The Morgan fingerprint density at radius 3 is 2.83 bits per heavy atom. The van der Waals surface area contributed by atoms with Gasteiger partial charge in [0.2, 0.25) is 5.69 Å². The molecule has 24 heavy (non-hydrogen) atoms. The summed E-state index contributed by atoms with van der Waals surface area (Å²) in [7, 11) is 1.62. The topological polar surface area (TPSA) is 74.2 Å². The Balaban J connectivity index is 1.61. The molecular weight excluding hydrogens is 306 g/mol. The molecule has 1 aromatic heterocycles. The number of methoxy groups -OCH3 is 1. The van der Waals surface area contributed by atoms with E-state index in [2.05, 4.69) is 16.7 Å². The second kappa shape index (κ2) is 7.97. The maximum Gasteiger partial charge on any atom is 0.253 e. The summed E-state index contributed by atoms with van der Waals surface area (Å²) >= 11 is 0. The van der Waals surface area contributed by atoms with Crippen LogP contribution in [-0.4, -0.2) is 18.9 Å². The highest BCUT2D eigenvalue weighted by molar-refractivity contribution is 5.31. The standard InChI is InChI=1S/C18H23N3O3/c1-23-16-9-7-15(8-10-16)21-17(18(22)24-20-21)13-19-12-11-14-5-3-2-4-6-14/h5,7-10,19H,2-4,6,11-13H2,1H3. The quantitative estimate of drug-likeness (QED) is 0.478. The number of hydrogen-bond donors (Lipinski definition) is 1. The molecule has 0 spiro atoms. The molecule has 1 aliphatic carbocycles. The molecule has 6 heteroatoms. The van der Waals surface area contributed by atoms with Crippen LogP contribution in [0.1, 0.15) is 37.8 Å². The van der Waals surface area contributed by atoms with Gasteiger partial charge in [-0.3, -0.25) is 0 Å². The van der Waals surface area contributed by atoms with Gasteiger partial charge in [-0.15, -0.1) is 0 Å². The molecule has 1 heterocycles. The van der Waals surface area contributed by atoms with E-state index < -0.39 is 5.95 Å². The third-order valence-corrected chi connectivity index (χ3v) is 4.31. The van der Waals surface area contributed by atoms with Crippen LogP contribution in [0.25, 0.3) is 5.69 Å². The van der Waals surface area contributed by atoms with Crippen molar-refractivity contribution in [3.05, 3.63) is 41.6 Å². The average molecular weight is 329 g/mol. The predicted octanol–water partition coefficient (Wildman–Crippen LogP) is 2.01. The summed E-state index contributed by atoms with van der Waals surface area (Å²) in [6.45, 7) is 1.28. The molecule has 0 aliphatic heterocycles. The average Bonchev–Trinajstić information content (AvgIpc) is 3.00. The van der Waals surface area contributed by atoms with Crippen LogP contribution in [0.3, 0.4) is 0 Å². The van der Waals surface area contributed by atoms with Crippen LogP contribution in [0.15, 0.2) is 40.4 Å². The van der Waals surface area contributed by atoms with Crippen molar-refractivity contribution in [1.82, 2.24) is 10.6 Å². The molecule has 3 rings (SSSR count). The van der Waals surface area contributed by atoms with Crippen LogP contribution < -0.4 is 19.8 Å². The zero-order valence-corrected chi connectivity index (χ0v) is 14.0. The lowest BCUT2D eigenvalue weighted by Crippen LogP contribution is -2.39. The van der Waals surface area contributed by atoms with Crippen LogP contribution in [-0.2, 0) is 6.54 Å². The number of aromatic nitrogens is 2. The fourth-order valence-corrected chi connectivity index (χ4v) is 2.93. The van der Waals surface area contributed by atoms with Gasteiger partial charge in [0.1, 0.15) is 5.75 Å². The van der Waals surface area contributed by atoms with E-state index in [0.717, 1.165) is 24.4 Å². The van der Waals surface area contributed by atoms with E-state index in [-0.39, 0.29) is 0 Å². The number of hydrogen-bond acceptors (Lipinski definition) is 5. The van der Waals surface area contributed by atoms with Crippen molar-refractivity contribution >= 4 is 0 Å². The molecule has 128 valence electrons. The SMILES string of the molecule is COc1ccc(-[n+]2noc([O-])c2CNCCC2=CCCCC2)cc1. The second-order valence-corrected chi connectivity index (χ2v) is 5.95. The zero-order valence-electron chi connectivity index (χ0n) is 14.0. The second-order valence-electron chi connectivity index (χ2n) is 5.95. The highest BCUT2D eigenvalue weighted by atomic mass is 16.6. The summed E-state index contributed by atoms with van der Waals surface area (Å²) in [6, 6.07) is 7.34. The largest absolute Gasteiger partial charge is 0.539 e. The Hall–Kier alpha value is -2.34. The Kier molecular flexibility index (Phi) is 5.48. The van der Waals surface area contributed by atoms with Crippen LogP contribution in [0, 0.1) is 0 Å². The van der Waals surface area contributed by atoms with Gasteiger partial charge in [0.15, 0.2) is 5.95 Å². The number of rotatable bonds is 7. The van der Waals surface area contributed by atoms with Crippen molar-refractivity contribution in [2.24, 2.45) is 0 Å². The summed E-state index contributed by atoms with van der Waals surface area (Å²) in [4.78, 5) is 0. The number of nitrogens with one attached hydrogen (secondary N) is 1. The lowest BCUT2D eigenvalue weighted by molar-refractivity contribution is -0.677. The minimum Gasteiger partial charge on any atom is -0.539 e. The van der Waals surface area contributed by atoms with E-state index in [1.807, 2.05) is 24.3 Å². The van der Waals surface area contributed by atoms with Gasteiger partial charge in [0, 0.05) is 12.1 Å². The van der Waals surface area contributed by atoms with E-state index in [9.17, 15) is 5.11 Å². The third-order valence-electron chi connectivity index (χ3n) is 4.31. The minimum atomic E-state index is -0.407. The summed E-state index contributed by atoms with van der Waals surface area (Å²) in [5.41, 5.74) is 2.79. The summed E-state index contributed by atoms with van der Waals surface area (Å²) in [5, 5.41) is 19.1. The molecule has 0 amide bonds. The van der Waals surface area contributed by atoms with Crippen LogP contribution in [0.5, 0.6) is 11.7 Å². The maximum absolute atomic E-state index is 11.9. The van der Waals surface area contributed by atoms with Crippen molar-refractivity contribution in [1.29, 1.82) is 0 Å². The van der Waals surface area contributed by atoms with E-state index in [1.54, 1.807) is 7.11 Å². The van der Waals surface area contributed by atoms with Gasteiger partial charge in [0.05, 0.1) is 18.9 Å². The van der Waals surface area contributed by atoms with Crippen molar-refractivity contribution < 1.29 is 19.0 Å². The highest BCUT2D eigenvalue weighted by Gasteiger charge is 2.20. The lowest BCUT2D eigenvalue weighted by Gasteiger charge is -2.12. The number of ether oxygens (including phenoxy) is 1. The lowest BCUT2D eigenvalue weighted by atomic mass is 9.97. The van der Waals surface area contributed by atoms with Gasteiger partial charge in [-0.05, 0) is 55.5 Å². The van der Waals surface area contributed by atoms with Gasteiger partial charge in [0.25, 0.3) is 5.69 Å². The van der Waals surface area contributed by atoms with Crippen molar-refractivity contribution in [2.45, 2.75) is 38.6 Å². The van der Waals surface area contributed by atoms with E-state index in [1.165, 1.54) is 35.9 Å². The molecule has 0 saturated carbocycles. The molecule has 2 aromatic rings. The Morgan fingerprint density at radius 1 is 1.29 bits per heavy atom. The number of nitrogens with zero attached hydrogens (tertiary/aromatic N) is 2. The Bertz CT molecular complexity index is 692. The van der Waals surface area contributed by atoms with Crippen molar-refractivity contribution in [3.8, 4) is 17.4 Å². The van der Waals surface area contributed by atoms with Gasteiger partial charge in [-0.1, -0.05) is 11.6 Å². The molecule has 1 aliphatic rings. The van der Waals surface area contributed by atoms with Gasteiger partial charge in [-0.25, -0.2) is 0 Å². The maximum atomic E-state index is 11.9. The molecule has 0 fully saturated rings. The highest BCUT2D eigenvalue weighted by Crippen LogP contribution is 2.19. The van der Waals surface area contributed by atoms with Crippen LogP contribution in [0.4, 0.5) is 0 Å². The van der Waals surface area contributed by atoms with Gasteiger partial charge < -0.3 is 19.7 Å². The van der Waals surface area contributed by atoms with E-state index >= 15 is 0 Å². The molecule has 1 N–H and O–H groups in total. The van der Waals surface area contributed by atoms with Crippen LogP contribution in [0.2, 0.25) is 0 Å². The Morgan fingerprint density at radius 2 is 2.12 bits per heavy atom. The molecular formula is C18H23N3O3. The van der Waals surface area contributed by atoms with E-state index in [4.69, 9.17) is 9.26 Å². The molecule has 6 nitrogen and oxygen atoms in total. The first kappa shape index (κ1) is 16.5. The first-order chi connectivity index (χ1) is 11.8. The fourth-order valence-electron chi connectivity index (χ4n) is 2.93. The molecule has 0 saturated heterocycles. The Labute approximate surface area is 141 Å². The summed E-state index contributed by atoms with van der Waals surface area (Å²) in [5.74, 6) is 0.348. The van der Waals surface area contributed by atoms with Crippen LogP contribution >= 0.6 is 0 Å².